The molecule has 0 atom stereocenters. The van der Waals surface area contributed by atoms with Crippen molar-refractivity contribution >= 4 is 53.6 Å². The van der Waals surface area contributed by atoms with E-state index in [0.717, 1.165) is 59.9 Å². The average Bonchev–Trinajstić information content (AvgIpc) is 3.30. The first-order valence-corrected chi connectivity index (χ1v) is 12.1. The molecule has 3 nitrogen and oxygen atoms in total. The number of furan rings is 1. The van der Waals surface area contributed by atoms with Gasteiger partial charge in [-0.05, 0) is 71.3 Å². The van der Waals surface area contributed by atoms with Gasteiger partial charge in [0, 0.05) is 10.9 Å². The minimum Gasteiger partial charge on any atom is -0.453 e. The summed E-state index contributed by atoms with van der Waals surface area (Å²) in [6.07, 6.45) is 2.62. The SMILES string of the molecule is [2H]c1cc(-c2ncnc3c2sc2c4cc(CC(C)(C)C)ccc4oc32)cc2cc(C)c(C)cc12. The number of hydrogen-bond donors (Lipinski definition) is 0. The predicted molar refractivity (Wildman–Crippen MR) is 140 cm³/mol. The number of thiophene rings is 1. The molecule has 0 spiro atoms. The van der Waals surface area contributed by atoms with E-state index in [-0.39, 0.29) is 5.41 Å². The first-order chi connectivity index (χ1) is 16.2. The van der Waals surface area contributed by atoms with E-state index in [0.29, 0.717) is 6.04 Å². The monoisotopic (exact) mass is 451 g/mol. The van der Waals surface area contributed by atoms with Gasteiger partial charge in [0.25, 0.3) is 0 Å². The van der Waals surface area contributed by atoms with Crippen molar-refractivity contribution in [1.82, 2.24) is 9.97 Å². The standard InChI is InChI=1S/C29H26N2OS/c1-16-10-19-7-8-20(13-21(19)11-17(16)2)24-28-25(31-15-30-24)26-27(33-28)22-12-18(14-29(3,4)5)6-9-23(22)32-26/h6-13,15H,14H2,1-5H3/i7D. The third-order valence-electron chi connectivity index (χ3n) is 6.30. The molecule has 0 aliphatic heterocycles. The van der Waals surface area contributed by atoms with E-state index in [2.05, 4.69) is 81.0 Å². The van der Waals surface area contributed by atoms with Gasteiger partial charge < -0.3 is 4.42 Å². The van der Waals surface area contributed by atoms with E-state index >= 15 is 0 Å². The van der Waals surface area contributed by atoms with Gasteiger partial charge in [0.2, 0.25) is 0 Å². The van der Waals surface area contributed by atoms with Gasteiger partial charge >= 0.3 is 0 Å². The molecule has 3 aromatic heterocycles. The van der Waals surface area contributed by atoms with Crippen LogP contribution in [-0.4, -0.2) is 9.97 Å². The third-order valence-corrected chi connectivity index (χ3v) is 7.50. The molecule has 0 N–H and O–H groups in total. The number of aromatic nitrogens is 2. The summed E-state index contributed by atoms with van der Waals surface area (Å²) in [5.74, 6) is 0. The first-order valence-electron chi connectivity index (χ1n) is 11.8. The van der Waals surface area contributed by atoms with Gasteiger partial charge in [0.1, 0.15) is 17.4 Å². The number of aryl methyl sites for hydroxylation is 2. The average molecular weight is 452 g/mol. The molecule has 0 unspecified atom stereocenters. The highest BCUT2D eigenvalue weighted by Gasteiger charge is 2.20. The molecule has 0 amide bonds. The lowest BCUT2D eigenvalue weighted by Crippen LogP contribution is -2.08. The molecule has 164 valence electrons. The van der Waals surface area contributed by atoms with Crippen molar-refractivity contribution in [2.24, 2.45) is 5.41 Å². The molecule has 3 aromatic carbocycles. The number of hydrogen-bond acceptors (Lipinski definition) is 4. The van der Waals surface area contributed by atoms with Crippen LogP contribution in [0.15, 0.2) is 59.3 Å². The summed E-state index contributed by atoms with van der Waals surface area (Å²) in [7, 11) is 0. The van der Waals surface area contributed by atoms with Crippen LogP contribution in [0.1, 0.15) is 38.8 Å². The maximum atomic E-state index is 8.65. The number of nitrogens with zero attached hydrogens (tertiary/aromatic N) is 2. The van der Waals surface area contributed by atoms with Gasteiger partial charge in [-0.2, -0.15) is 0 Å². The molecule has 0 fully saturated rings. The Kier molecular flexibility index (Phi) is 4.16. The van der Waals surface area contributed by atoms with Crippen LogP contribution in [0.2, 0.25) is 0 Å². The number of fused-ring (bicyclic) bond motifs is 6. The van der Waals surface area contributed by atoms with Crippen LogP contribution in [0.5, 0.6) is 0 Å². The predicted octanol–water partition coefficient (Wildman–Crippen LogP) is 8.62. The van der Waals surface area contributed by atoms with E-state index in [4.69, 9.17) is 5.79 Å². The summed E-state index contributed by atoms with van der Waals surface area (Å²) in [4.78, 5) is 9.26. The third kappa shape index (κ3) is 3.41. The van der Waals surface area contributed by atoms with Gasteiger partial charge in [0.05, 0.1) is 16.5 Å². The maximum Gasteiger partial charge on any atom is 0.172 e. The zero-order valence-corrected chi connectivity index (χ0v) is 20.4. The zero-order chi connectivity index (χ0) is 23.8. The van der Waals surface area contributed by atoms with E-state index in [9.17, 15) is 0 Å². The highest BCUT2D eigenvalue weighted by atomic mass is 32.1. The summed E-state index contributed by atoms with van der Waals surface area (Å²) >= 11 is 1.68. The fraction of sp³-hybridized carbons (Fsp3) is 0.241. The number of benzene rings is 3. The van der Waals surface area contributed by atoms with E-state index in [1.165, 1.54) is 16.7 Å². The van der Waals surface area contributed by atoms with E-state index in [1.54, 1.807) is 17.7 Å². The molecule has 0 saturated heterocycles. The van der Waals surface area contributed by atoms with Crippen LogP contribution in [0.3, 0.4) is 0 Å². The summed E-state index contributed by atoms with van der Waals surface area (Å²) < 4.78 is 17.1. The molecular weight excluding hydrogens is 424 g/mol. The van der Waals surface area contributed by atoms with Gasteiger partial charge in [-0.1, -0.05) is 51.1 Å². The van der Waals surface area contributed by atoms with Gasteiger partial charge in [-0.25, -0.2) is 9.97 Å². The van der Waals surface area contributed by atoms with Crippen molar-refractivity contribution in [2.75, 3.05) is 0 Å². The van der Waals surface area contributed by atoms with Crippen molar-refractivity contribution in [3.63, 3.8) is 0 Å². The zero-order valence-electron chi connectivity index (χ0n) is 20.5. The van der Waals surface area contributed by atoms with E-state index < -0.39 is 0 Å². The van der Waals surface area contributed by atoms with Gasteiger partial charge in [-0.3, -0.25) is 0 Å². The summed E-state index contributed by atoms with van der Waals surface area (Å²) in [6.45, 7) is 11.0. The second kappa shape index (κ2) is 7.13. The maximum absolute atomic E-state index is 8.65. The molecule has 3 heterocycles. The van der Waals surface area contributed by atoms with E-state index in [1.807, 2.05) is 6.07 Å². The van der Waals surface area contributed by atoms with Crippen molar-refractivity contribution in [1.29, 1.82) is 0 Å². The van der Waals surface area contributed by atoms with Crippen molar-refractivity contribution in [3.8, 4) is 11.3 Å². The normalized spacial score (nSPS) is 12.9. The Bertz CT molecular complexity index is 1750. The topological polar surface area (TPSA) is 38.9 Å². The minimum atomic E-state index is 0.219. The Morgan fingerprint density at radius 3 is 2.52 bits per heavy atom. The molecule has 33 heavy (non-hydrogen) atoms. The number of rotatable bonds is 2. The second-order valence-electron chi connectivity index (χ2n) is 10.2. The Balaban J connectivity index is 1.58. The highest BCUT2D eigenvalue weighted by molar-refractivity contribution is 7.27. The first kappa shape index (κ1) is 19.2. The largest absolute Gasteiger partial charge is 0.453 e. The summed E-state index contributed by atoms with van der Waals surface area (Å²) in [5, 5.41) is 3.17. The van der Waals surface area contributed by atoms with Crippen LogP contribution >= 0.6 is 11.3 Å². The molecule has 0 radical (unpaired) electrons. The lowest BCUT2D eigenvalue weighted by Gasteiger charge is -2.17. The summed E-state index contributed by atoms with van der Waals surface area (Å²) in [5.41, 5.74) is 8.31. The molecule has 4 heteroatoms. The molecule has 0 bridgehead atoms. The molecular formula is C29H26N2OS. The molecule has 0 saturated carbocycles. The lowest BCUT2D eigenvalue weighted by atomic mass is 9.88. The van der Waals surface area contributed by atoms with Crippen LogP contribution in [0.25, 0.3) is 53.5 Å². The minimum absolute atomic E-state index is 0.219. The molecule has 6 aromatic rings. The van der Waals surface area contributed by atoms with Crippen LogP contribution < -0.4 is 0 Å². The highest BCUT2D eigenvalue weighted by Crippen LogP contribution is 2.43. The van der Waals surface area contributed by atoms with Gasteiger partial charge in [0.15, 0.2) is 5.58 Å². The van der Waals surface area contributed by atoms with Crippen LogP contribution in [0, 0.1) is 19.3 Å². The summed E-state index contributed by atoms with van der Waals surface area (Å²) in [6, 6.07) is 15.3. The van der Waals surface area contributed by atoms with Gasteiger partial charge in [-0.15, -0.1) is 11.3 Å². The van der Waals surface area contributed by atoms with Crippen LogP contribution in [-0.2, 0) is 6.42 Å². The quantitative estimate of drug-likeness (QED) is 0.264. The molecule has 6 rings (SSSR count). The molecule has 0 aliphatic carbocycles. The molecule has 0 aliphatic rings. The van der Waals surface area contributed by atoms with Crippen molar-refractivity contribution in [3.05, 3.63) is 71.5 Å². The van der Waals surface area contributed by atoms with Crippen molar-refractivity contribution in [2.45, 2.75) is 41.0 Å². The fourth-order valence-corrected chi connectivity index (χ4v) is 5.84. The smallest absolute Gasteiger partial charge is 0.172 e. The van der Waals surface area contributed by atoms with Crippen molar-refractivity contribution < 1.29 is 5.79 Å². The second-order valence-corrected chi connectivity index (χ2v) is 11.3. The Labute approximate surface area is 198 Å². The Morgan fingerprint density at radius 1 is 0.939 bits per heavy atom. The lowest BCUT2D eigenvalue weighted by molar-refractivity contribution is 0.411. The Hall–Kier alpha value is -3.24. The fourth-order valence-electron chi connectivity index (χ4n) is 4.63. The van der Waals surface area contributed by atoms with Crippen LogP contribution in [0.4, 0.5) is 0 Å². The Morgan fingerprint density at radius 2 is 1.73 bits per heavy atom.